The van der Waals surface area contributed by atoms with E-state index in [1.807, 2.05) is 6.08 Å². The van der Waals surface area contributed by atoms with Crippen LogP contribution < -0.4 is 0 Å². The van der Waals surface area contributed by atoms with Gasteiger partial charge in [-0.15, -0.1) is 6.58 Å². The normalized spacial score (nSPS) is 12.1. The van der Waals surface area contributed by atoms with Crippen molar-refractivity contribution >= 4 is 14.3 Å². The van der Waals surface area contributed by atoms with Gasteiger partial charge < -0.3 is 9.16 Å². The summed E-state index contributed by atoms with van der Waals surface area (Å²) in [6.45, 7) is 9.85. The molecule has 0 atom stereocenters. The number of ether oxygens (including phenoxy) is 1. The van der Waals surface area contributed by atoms with E-state index in [2.05, 4.69) is 31.0 Å². The number of esters is 1. The van der Waals surface area contributed by atoms with Crippen molar-refractivity contribution in [2.45, 2.75) is 32.5 Å². The van der Waals surface area contributed by atoms with Crippen LogP contribution in [0.5, 0.6) is 0 Å². The van der Waals surface area contributed by atoms with Crippen molar-refractivity contribution in [2.75, 3.05) is 7.11 Å². The summed E-state index contributed by atoms with van der Waals surface area (Å²) in [7, 11) is -0.283. The molecular formula is C11H20O3Si. The van der Waals surface area contributed by atoms with E-state index in [9.17, 15) is 4.79 Å². The van der Waals surface area contributed by atoms with Crippen LogP contribution in [-0.2, 0) is 14.0 Å². The molecule has 0 aliphatic heterocycles. The van der Waals surface area contributed by atoms with Crippen LogP contribution in [0.2, 0.25) is 19.6 Å². The van der Waals surface area contributed by atoms with E-state index in [1.54, 1.807) is 6.08 Å². The smallest absolute Gasteiger partial charge is 0.313 e. The Kier molecular flexibility index (Phi) is 6.01. The van der Waals surface area contributed by atoms with Crippen molar-refractivity contribution in [2.24, 2.45) is 0 Å². The van der Waals surface area contributed by atoms with Gasteiger partial charge >= 0.3 is 5.97 Å². The SMILES string of the molecule is C=CC/C=C(\CC(=O)OC)O[Si](C)(C)C. The molecule has 0 unspecified atom stereocenters. The molecule has 0 N–H and O–H groups in total. The highest BCUT2D eigenvalue weighted by Crippen LogP contribution is 2.14. The second-order valence-corrected chi connectivity index (χ2v) is 8.59. The molecule has 0 aliphatic rings. The third-order valence-electron chi connectivity index (χ3n) is 1.50. The van der Waals surface area contributed by atoms with Crippen molar-refractivity contribution in [3.8, 4) is 0 Å². The fraction of sp³-hybridized carbons (Fsp3) is 0.545. The average Bonchev–Trinajstić information content (AvgIpc) is 2.11. The first kappa shape index (κ1) is 14.0. The van der Waals surface area contributed by atoms with Crippen LogP contribution in [0.1, 0.15) is 12.8 Å². The summed E-state index contributed by atoms with van der Waals surface area (Å²) in [6.07, 6.45) is 4.55. The Balaban J connectivity index is 4.44. The largest absolute Gasteiger partial charge is 0.547 e. The van der Waals surface area contributed by atoms with Crippen LogP contribution in [0, 0.1) is 0 Å². The highest BCUT2D eigenvalue weighted by atomic mass is 28.4. The Morgan fingerprint density at radius 3 is 2.40 bits per heavy atom. The molecule has 4 heteroatoms. The number of hydrogen-bond acceptors (Lipinski definition) is 3. The Hall–Kier alpha value is -1.03. The summed E-state index contributed by atoms with van der Waals surface area (Å²) in [5.41, 5.74) is 0. The molecule has 0 aromatic carbocycles. The molecule has 0 aromatic rings. The van der Waals surface area contributed by atoms with E-state index in [0.29, 0.717) is 12.2 Å². The number of hydrogen-bond donors (Lipinski definition) is 0. The predicted octanol–water partition coefficient (Wildman–Crippen LogP) is 2.86. The molecule has 86 valence electrons. The van der Waals surface area contributed by atoms with Gasteiger partial charge in [-0.3, -0.25) is 4.79 Å². The zero-order chi connectivity index (χ0) is 11.9. The van der Waals surface area contributed by atoms with Gasteiger partial charge in [-0.25, -0.2) is 0 Å². The highest BCUT2D eigenvalue weighted by molar-refractivity contribution is 6.70. The molecule has 0 rings (SSSR count). The summed E-state index contributed by atoms with van der Waals surface area (Å²) in [6, 6.07) is 0. The lowest BCUT2D eigenvalue weighted by atomic mass is 10.3. The molecule has 0 spiro atoms. The fourth-order valence-corrected chi connectivity index (χ4v) is 1.91. The summed E-state index contributed by atoms with van der Waals surface area (Å²) < 4.78 is 10.4. The maximum Gasteiger partial charge on any atom is 0.313 e. The van der Waals surface area contributed by atoms with Gasteiger partial charge in [0.05, 0.1) is 12.9 Å². The van der Waals surface area contributed by atoms with Crippen LogP contribution in [-0.4, -0.2) is 21.4 Å². The number of allylic oxidation sites excluding steroid dienone is 2. The monoisotopic (exact) mass is 228 g/mol. The molecule has 0 aromatic heterocycles. The summed E-state index contributed by atoms with van der Waals surface area (Å²) >= 11 is 0. The minimum Gasteiger partial charge on any atom is -0.547 e. The molecule has 0 radical (unpaired) electrons. The quantitative estimate of drug-likeness (QED) is 0.303. The van der Waals surface area contributed by atoms with E-state index in [4.69, 9.17) is 4.43 Å². The van der Waals surface area contributed by atoms with Crippen molar-refractivity contribution in [1.82, 2.24) is 0 Å². The van der Waals surface area contributed by atoms with Gasteiger partial charge in [0.15, 0.2) is 0 Å². The van der Waals surface area contributed by atoms with Gasteiger partial charge in [-0.1, -0.05) is 6.08 Å². The third-order valence-corrected chi connectivity index (χ3v) is 2.37. The lowest BCUT2D eigenvalue weighted by Gasteiger charge is -2.21. The molecule has 0 aliphatic carbocycles. The Morgan fingerprint density at radius 1 is 1.40 bits per heavy atom. The van der Waals surface area contributed by atoms with Crippen LogP contribution >= 0.6 is 0 Å². The molecule has 0 bridgehead atoms. The van der Waals surface area contributed by atoms with E-state index < -0.39 is 8.32 Å². The van der Waals surface area contributed by atoms with E-state index in [-0.39, 0.29) is 12.4 Å². The minimum absolute atomic E-state index is 0.203. The highest BCUT2D eigenvalue weighted by Gasteiger charge is 2.19. The van der Waals surface area contributed by atoms with Crippen molar-refractivity contribution in [3.05, 3.63) is 24.5 Å². The van der Waals surface area contributed by atoms with Crippen molar-refractivity contribution in [3.63, 3.8) is 0 Å². The van der Waals surface area contributed by atoms with Crippen LogP contribution in [0.3, 0.4) is 0 Å². The van der Waals surface area contributed by atoms with Gasteiger partial charge in [0.1, 0.15) is 6.42 Å². The van der Waals surface area contributed by atoms with Gasteiger partial charge in [-0.2, -0.15) is 0 Å². The average molecular weight is 228 g/mol. The Labute approximate surface area is 92.9 Å². The van der Waals surface area contributed by atoms with Crippen molar-refractivity contribution in [1.29, 1.82) is 0 Å². The van der Waals surface area contributed by atoms with Gasteiger partial charge in [0, 0.05) is 0 Å². The van der Waals surface area contributed by atoms with Crippen molar-refractivity contribution < 1.29 is 14.0 Å². The second-order valence-electron chi connectivity index (χ2n) is 4.16. The van der Waals surface area contributed by atoms with E-state index >= 15 is 0 Å². The molecule has 0 heterocycles. The standard InChI is InChI=1S/C11H20O3Si/c1-6-7-8-10(9-11(12)13-2)14-15(3,4)5/h6,8H,1,7,9H2,2-5H3/b10-8+. The Morgan fingerprint density at radius 2 is 2.00 bits per heavy atom. The predicted molar refractivity (Wildman–Crippen MR) is 64.0 cm³/mol. The molecule has 0 saturated heterocycles. The summed E-state index contributed by atoms with van der Waals surface area (Å²) in [5.74, 6) is 0.421. The third kappa shape index (κ3) is 7.99. The first-order chi connectivity index (χ1) is 6.89. The Bertz CT molecular complexity index is 251. The summed E-state index contributed by atoms with van der Waals surface area (Å²) in [4.78, 5) is 11.1. The zero-order valence-electron chi connectivity index (χ0n) is 10.0. The van der Waals surface area contributed by atoms with Gasteiger partial charge in [0.25, 0.3) is 0 Å². The molecule has 0 fully saturated rings. The molecule has 0 saturated carbocycles. The van der Waals surface area contributed by atoms with Crippen LogP contribution in [0.15, 0.2) is 24.5 Å². The molecule has 0 amide bonds. The number of rotatable bonds is 6. The zero-order valence-corrected chi connectivity index (χ0v) is 11.0. The van der Waals surface area contributed by atoms with E-state index in [0.717, 1.165) is 0 Å². The van der Waals surface area contributed by atoms with Gasteiger partial charge in [-0.05, 0) is 32.1 Å². The number of carbonyl (C=O) groups excluding carboxylic acids is 1. The van der Waals surface area contributed by atoms with E-state index in [1.165, 1.54) is 7.11 Å². The second kappa shape index (κ2) is 6.45. The first-order valence-electron chi connectivity index (χ1n) is 4.95. The minimum atomic E-state index is -1.66. The molecule has 15 heavy (non-hydrogen) atoms. The van der Waals surface area contributed by atoms with Crippen LogP contribution in [0.25, 0.3) is 0 Å². The lowest BCUT2D eigenvalue weighted by Crippen LogP contribution is -2.25. The lowest BCUT2D eigenvalue weighted by molar-refractivity contribution is -0.140. The number of carbonyl (C=O) groups is 1. The maximum atomic E-state index is 11.1. The molecule has 3 nitrogen and oxygen atoms in total. The number of methoxy groups -OCH3 is 1. The van der Waals surface area contributed by atoms with Crippen LogP contribution in [0.4, 0.5) is 0 Å². The van der Waals surface area contributed by atoms with Gasteiger partial charge in [0.2, 0.25) is 8.32 Å². The molecular weight excluding hydrogens is 208 g/mol. The first-order valence-corrected chi connectivity index (χ1v) is 8.35. The topological polar surface area (TPSA) is 35.5 Å². The maximum absolute atomic E-state index is 11.1. The summed E-state index contributed by atoms with van der Waals surface area (Å²) in [5, 5.41) is 0. The fourth-order valence-electron chi connectivity index (χ4n) is 0.972.